The van der Waals surface area contributed by atoms with E-state index >= 15 is 0 Å². The zero-order valence-corrected chi connectivity index (χ0v) is 22.3. The Morgan fingerprint density at radius 2 is 1.69 bits per heavy atom. The minimum absolute atomic E-state index is 0.0372. The average Bonchev–Trinajstić information content (AvgIpc) is 3.19. The first-order valence-electron chi connectivity index (χ1n) is 14.2. The fourth-order valence-electron chi connectivity index (χ4n) is 8.97. The topological polar surface area (TPSA) is 99.1 Å². The second kappa shape index (κ2) is 10.6. The fraction of sp³-hybridized carbons (Fsp3) is 0.929. The number of hydrogen-bond donors (Lipinski definition) is 3. The highest BCUT2D eigenvalue weighted by molar-refractivity contribution is 5.71. The second-order valence-electron chi connectivity index (χ2n) is 12.5. The molecule has 0 heterocycles. The van der Waals surface area contributed by atoms with Crippen molar-refractivity contribution in [1.82, 2.24) is 10.2 Å². The smallest absolute Gasteiger partial charge is 0.407 e. The van der Waals surface area contributed by atoms with Crippen molar-refractivity contribution >= 4 is 12.1 Å². The quantitative estimate of drug-likeness (QED) is 0.461. The van der Waals surface area contributed by atoms with Crippen molar-refractivity contribution < 1.29 is 24.5 Å². The van der Waals surface area contributed by atoms with E-state index in [4.69, 9.17) is 4.74 Å². The van der Waals surface area contributed by atoms with E-state index in [-0.39, 0.29) is 29.4 Å². The molecule has 0 bridgehead atoms. The molecule has 4 rings (SSSR count). The van der Waals surface area contributed by atoms with Crippen LogP contribution in [0.15, 0.2) is 0 Å². The van der Waals surface area contributed by atoms with Crippen molar-refractivity contribution in [2.24, 2.45) is 40.4 Å². The summed E-state index contributed by atoms with van der Waals surface area (Å²) in [4.78, 5) is 26.5. The lowest BCUT2D eigenvalue weighted by Crippen LogP contribution is -2.54. The Labute approximate surface area is 211 Å². The molecule has 0 aromatic rings. The number of rotatable bonds is 8. The third-order valence-electron chi connectivity index (χ3n) is 11.0. The summed E-state index contributed by atoms with van der Waals surface area (Å²) in [5.74, 6) is 1.65. The van der Waals surface area contributed by atoms with Gasteiger partial charge in [0.15, 0.2) is 0 Å². The number of likely N-dealkylation sites (N-methyl/N-ethyl adjacent to an activating group) is 1. The summed E-state index contributed by atoms with van der Waals surface area (Å²) in [7, 11) is 0. The van der Waals surface area contributed by atoms with Crippen molar-refractivity contribution in [2.75, 3.05) is 26.2 Å². The van der Waals surface area contributed by atoms with E-state index in [1.165, 1.54) is 6.42 Å². The van der Waals surface area contributed by atoms with E-state index in [9.17, 15) is 19.8 Å². The number of nitrogens with one attached hydrogen (secondary N) is 1. The van der Waals surface area contributed by atoms with Crippen LogP contribution in [0.5, 0.6) is 0 Å². The van der Waals surface area contributed by atoms with Gasteiger partial charge in [0.1, 0.15) is 6.10 Å². The summed E-state index contributed by atoms with van der Waals surface area (Å²) in [6, 6.07) is 0. The Kier molecular flexibility index (Phi) is 8.07. The van der Waals surface area contributed by atoms with Gasteiger partial charge in [-0.05, 0) is 105 Å². The van der Waals surface area contributed by atoms with Crippen molar-refractivity contribution in [3.63, 3.8) is 0 Å². The van der Waals surface area contributed by atoms with Crippen LogP contribution in [-0.4, -0.2) is 65.6 Å². The molecule has 35 heavy (non-hydrogen) atoms. The molecule has 4 aliphatic carbocycles. The molecule has 7 heteroatoms. The maximum atomic E-state index is 12.4. The second-order valence-corrected chi connectivity index (χ2v) is 12.5. The number of carbonyl (C=O) groups is 2. The Morgan fingerprint density at radius 1 is 1.00 bits per heavy atom. The molecule has 0 spiro atoms. The first-order chi connectivity index (χ1) is 16.6. The molecule has 0 aromatic heterocycles. The van der Waals surface area contributed by atoms with Crippen LogP contribution in [0.1, 0.15) is 85.5 Å². The molecule has 4 fully saturated rings. The predicted octanol–water partition coefficient (Wildman–Crippen LogP) is 4.53. The number of hydrogen-bond acceptors (Lipinski definition) is 5. The zero-order chi connectivity index (χ0) is 25.4. The number of aliphatic hydroxyl groups excluding tert-OH is 1. The molecule has 0 saturated heterocycles. The number of aliphatic carboxylic acids is 1. The SMILES string of the molecule is CCN(CC)CC(O)CNC(=O)OC1CC[C@@]2(C)C(CC[C@@H]3[C@@H]2CC[C@]2(C)C(C(=O)O)CC[C@@H]32)C1. The van der Waals surface area contributed by atoms with Crippen LogP contribution in [0.25, 0.3) is 0 Å². The van der Waals surface area contributed by atoms with Gasteiger partial charge in [0.2, 0.25) is 0 Å². The molecule has 9 atom stereocenters. The Balaban J connectivity index is 1.30. The van der Waals surface area contributed by atoms with E-state index in [0.717, 1.165) is 64.5 Å². The average molecular weight is 493 g/mol. The van der Waals surface area contributed by atoms with Gasteiger partial charge in [-0.3, -0.25) is 4.79 Å². The summed E-state index contributed by atoms with van der Waals surface area (Å²) in [6.07, 6.45) is 8.27. The van der Waals surface area contributed by atoms with Gasteiger partial charge in [-0.15, -0.1) is 0 Å². The number of aliphatic hydroxyl groups is 1. The van der Waals surface area contributed by atoms with E-state index in [2.05, 4.69) is 37.9 Å². The van der Waals surface area contributed by atoms with Gasteiger partial charge >= 0.3 is 12.1 Å². The molecule has 1 amide bonds. The third kappa shape index (κ3) is 5.09. The van der Waals surface area contributed by atoms with Crippen LogP contribution in [0, 0.1) is 40.4 Å². The minimum atomic E-state index is -0.597. The maximum Gasteiger partial charge on any atom is 0.407 e. The lowest BCUT2D eigenvalue weighted by molar-refractivity contribution is -0.154. The Hall–Kier alpha value is -1.34. The summed E-state index contributed by atoms with van der Waals surface area (Å²) in [5.41, 5.74) is 0.228. The van der Waals surface area contributed by atoms with Crippen LogP contribution in [0.2, 0.25) is 0 Å². The molecule has 0 aromatic carbocycles. The molecule has 7 nitrogen and oxygen atoms in total. The summed E-state index contributed by atoms with van der Waals surface area (Å²) >= 11 is 0. The monoisotopic (exact) mass is 492 g/mol. The fourth-order valence-corrected chi connectivity index (χ4v) is 8.97. The van der Waals surface area contributed by atoms with Gasteiger partial charge in [0.25, 0.3) is 0 Å². The lowest BCUT2D eigenvalue weighted by atomic mass is 9.44. The van der Waals surface area contributed by atoms with Crippen LogP contribution < -0.4 is 5.32 Å². The molecule has 4 aliphatic rings. The number of amides is 1. The van der Waals surface area contributed by atoms with E-state index < -0.39 is 18.2 Å². The highest BCUT2D eigenvalue weighted by Crippen LogP contribution is 2.67. The number of ether oxygens (including phenoxy) is 1. The number of carbonyl (C=O) groups excluding carboxylic acids is 1. The van der Waals surface area contributed by atoms with Crippen molar-refractivity contribution in [3.05, 3.63) is 0 Å². The summed E-state index contributed by atoms with van der Waals surface area (Å²) in [6.45, 7) is 11.4. The van der Waals surface area contributed by atoms with Gasteiger partial charge < -0.3 is 25.2 Å². The number of carboxylic acid groups (broad SMARTS) is 1. The summed E-state index contributed by atoms with van der Waals surface area (Å²) < 4.78 is 5.82. The third-order valence-corrected chi connectivity index (χ3v) is 11.0. The largest absolute Gasteiger partial charge is 0.481 e. The van der Waals surface area contributed by atoms with Gasteiger partial charge in [0.05, 0.1) is 12.0 Å². The first kappa shape index (κ1) is 26.7. The maximum absolute atomic E-state index is 12.4. The van der Waals surface area contributed by atoms with Gasteiger partial charge in [-0.2, -0.15) is 0 Å². The number of nitrogens with zero attached hydrogens (tertiary/aromatic N) is 1. The van der Waals surface area contributed by atoms with E-state index in [1.54, 1.807) is 0 Å². The van der Waals surface area contributed by atoms with Crippen LogP contribution in [0.4, 0.5) is 4.79 Å². The molecular formula is C28H48N2O5. The van der Waals surface area contributed by atoms with Gasteiger partial charge in [-0.1, -0.05) is 27.7 Å². The van der Waals surface area contributed by atoms with Crippen molar-refractivity contribution in [3.8, 4) is 0 Å². The first-order valence-corrected chi connectivity index (χ1v) is 14.2. The molecule has 3 N–H and O–H groups in total. The van der Waals surface area contributed by atoms with Crippen molar-refractivity contribution in [1.29, 1.82) is 0 Å². The normalized spacial score (nSPS) is 41.4. The van der Waals surface area contributed by atoms with Crippen LogP contribution in [0.3, 0.4) is 0 Å². The van der Waals surface area contributed by atoms with Crippen LogP contribution in [-0.2, 0) is 9.53 Å². The van der Waals surface area contributed by atoms with E-state index in [1.807, 2.05) is 0 Å². The molecule has 4 saturated carbocycles. The minimum Gasteiger partial charge on any atom is -0.481 e. The Bertz CT molecular complexity index is 772. The lowest BCUT2D eigenvalue weighted by Gasteiger charge is -2.60. The number of alkyl carbamates (subject to hydrolysis) is 1. The Morgan fingerprint density at radius 3 is 2.37 bits per heavy atom. The molecular weight excluding hydrogens is 444 g/mol. The molecule has 0 radical (unpaired) electrons. The highest BCUT2D eigenvalue weighted by Gasteiger charge is 2.61. The van der Waals surface area contributed by atoms with Gasteiger partial charge in [-0.25, -0.2) is 4.79 Å². The van der Waals surface area contributed by atoms with Gasteiger partial charge in [0, 0.05) is 13.1 Å². The summed E-state index contributed by atoms with van der Waals surface area (Å²) in [5, 5.41) is 22.8. The molecule has 4 unspecified atom stereocenters. The highest BCUT2D eigenvalue weighted by atomic mass is 16.6. The van der Waals surface area contributed by atoms with E-state index in [0.29, 0.717) is 30.2 Å². The standard InChI is InChI=1S/C28H48N2O5/c1-5-30(6-2)17-19(31)16-29-26(34)35-20-11-13-27(3)18(15-20)7-8-21-22-9-10-24(25(32)33)28(22,4)14-12-23(21)27/h18-24,31H,5-17H2,1-4H3,(H,29,34)(H,32,33)/t18?,19?,20?,21-,22-,23-,24?,27-,28-/m0/s1. The molecule has 0 aliphatic heterocycles. The predicted molar refractivity (Wildman–Crippen MR) is 135 cm³/mol. The molecule has 200 valence electrons. The zero-order valence-electron chi connectivity index (χ0n) is 22.3. The van der Waals surface area contributed by atoms with Crippen molar-refractivity contribution in [2.45, 2.75) is 97.7 Å². The number of carboxylic acids is 1. The van der Waals surface area contributed by atoms with Crippen LogP contribution >= 0.6 is 0 Å². The number of fused-ring (bicyclic) bond motifs is 5.